The normalized spacial score (nSPS) is 10.6. The summed E-state index contributed by atoms with van der Waals surface area (Å²) in [6.07, 6.45) is 0. The minimum Gasteiger partial charge on any atom is -0.497 e. The summed E-state index contributed by atoms with van der Waals surface area (Å²) in [6.45, 7) is 3.93. The predicted molar refractivity (Wildman–Crippen MR) is 91.4 cm³/mol. The molecule has 0 spiro atoms. The van der Waals surface area contributed by atoms with Crippen LogP contribution < -0.4 is 9.47 Å². The minimum atomic E-state index is -0.348. The average molecular weight is 306 g/mol. The zero-order valence-corrected chi connectivity index (χ0v) is 13.4. The highest BCUT2D eigenvalue weighted by molar-refractivity contribution is 5.92. The van der Waals surface area contributed by atoms with Gasteiger partial charge in [0.25, 0.3) is 0 Å². The van der Waals surface area contributed by atoms with Gasteiger partial charge in [-0.2, -0.15) is 0 Å². The number of aryl methyl sites for hydroxylation is 2. The zero-order chi connectivity index (χ0) is 16.4. The number of fused-ring (bicyclic) bond motifs is 1. The van der Waals surface area contributed by atoms with Crippen LogP contribution >= 0.6 is 0 Å². The van der Waals surface area contributed by atoms with E-state index in [-0.39, 0.29) is 5.97 Å². The molecule has 23 heavy (non-hydrogen) atoms. The van der Waals surface area contributed by atoms with Gasteiger partial charge < -0.3 is 9.47 Å². The van der Waals surface area contributed by atoms with Crippen LogP contribution in [0.2, 0.25) is 0 Å². The molecule has 3 aromatic rings. The molecule has 3 rings (SSSR count). The van der Waals surface area contributed by atoms with Crippen LogP contribution in [0.1, 0.15) is 21.5 Å². The van der Waals surface area contributed by atoms with Crippen molar-refractivity contribution in [1.82, 2.24) is 0 Å². The van der Waals surface area contributed by atoms with Crippen molar-refractivity contribution in [2.45, 2.75) is 13.8 Å². The summed E-state index contributed by atoms with van der Waals surface area (Å²) in [5.74, 6) is 0.948. The van der Waals surface area contributed by atoms with Crippen LogP contribution in [0.25, 0.3) is 10.8 Å². The summed E-state index contributed by atoms with van der Waals surface area (Å²) >= 11 is 0. The largest absolute Gasteiger partial charge is 0.497 e. The molecule has 0 fully saturated rings. The van der Waals surface area contributed by atoms with Crippen LogP contribution in [0.5, 0.6) is 11.5 Å². The van der Waals surface area contributed by atoms with Crippen LogP contribution in [0.4, 0.5) is 0 Å². The Kier molecular flexibility index (Phi) is 4.02. The number of hydrogen-bond acceptors (Lipinski definition) is 3. The molecule has 0 unspecified atom stereocenters. The molecule has 0 amide bonds. The highest BCUT2D eigenvalue weighted by atomic mass is 16.5. The van der Waals surface area contributed by atoms with Gasteiger partial charge in [-0.1, -0.05) is 29.3 Å². The van der Waals surface area contributed by atoms with E-state index in [2.05, 4.69) is 0 Å². The smallest absolute Gasteiger partial charge is 0.343 e. The van der Waals surface area contributed by atoms with E-state index in [1.807, 2.05) is 62.4 Å². The first-order valence-corrected chi connectivity index (χ1v) is 7.43. The van der Waals surface area contributed by atoms with Gasteiger partial charge in [0.15, 0.2) is 0 Å². The van der Waals surface area contributed by atoms with Gasteiger partial charge in [0.1, 0.15) is 11.5 Å². The van der Waals surface area contributed by atoms with Crippen molar-refractivity contribution in [2.75, 3.05) is 7.11 Å². The second kappa shape index (κ2) is 6.13. The third-order valence-electron chi connectivity index (χ3n) is 3.69. The molecule has 3 nitrogen and oxygen atoms in total. The first-order chi connectivity index (χ1) is 11.0. The average Bonchev–Trinajstić information content (AvgIpc) is 2.53. The molecule has 3 heteroatoms. The highest BCUT2D eigenvalue weighted by Gasteiger charge is 2.10. The van der Waals surface area contributed by atoms with E-state index < -0.39 is 0 Å². The molecule has 0 aromatic heterocycles. The number of ether oxygens (including phenoxy) is 2. The molecule has 0 aliphatic rings. The van der Waals surface area contributed by atoms with Crippen LogP contribution in [-0.4, -0.2) is 13.1 Å². The zero-order valence-electron chi connectivity index (χ0n) is 13.4. The van der Waals surface area contributed by atoms with Crippen molar-refractivity contribution in [2.24, 2.45) is 0 Å². The second-order valence-corrected chi connectivity index (χ2v) is 5.64. The number of carbonyl (C=O) groups is 1. The summed E-state index contributed by atoms with van der Waals surface area (Å²) in [5, 5.41) is 2.03. The maximum atomic E-state index is 12.3. The van der Waals surface area contributed by atoms with E-state index in [0.29, 0.717) is 11.3 Å². The van der Waals surface area contributed by atoms with E-state index >= 15 is 0 Å². The molecule has 0 aliphatic heterocycles. The highest BCUT2D eigenvalue weighted by Crippen LogP contribution is 2.25. The Morgan fingerprint density at radius 1 is 0.783 bits per heavy atom. The fourth-order valence-corrected chi connectivity index (χ4v) is 2.65. The second-order valence-electron chi connectivity index (χ2n) is 5.64. The number of hydrogen-bond donors (Lipinski definition) is 0. The first-order valence-electron chi connectivity index (χ1n) is 7.43. The third-order valence-corrected chi connectivity index (χ3v) is 3.69. The van der Waals surface area contributed by atoms with Gasteiger partial charge >= 0.3 is 5.97 Å². The minimum absolute atomic E-state index is 0.348. The monoisotopic (exact) mass is 306 g/mol. The molecule has 116 valence electrons. The van der Waals surface area contributed by atoms with Gasteiger partial charge in [-0.3, -0.25) is 0 Å². The van der Waals surface area contributed by atoms with Crippen molar-refractivity contribution in [1.29, 1.82) is 0 Å². The van der Waals surface area contributed by atoms with E-state index in [0.717, 1.165) is 27.6 Å². The molecular formula is C20H18O3. The predicted octanol–water partition coefficient (Wildman–Crippen LogP) is 4.68. The van der Waals surface area contributed by atoms with Gasteiger partial charge in [0.05, 0.1) is 12.7 Å². The summed E-state index contributed by atoms with van der Waals surface area (Å²) in [6, 6.07) is 17.1. The lowest BCUT2D eigenvalue weighted by molar-refractivity contribution is 0.0735. The Morgan fingerprint density at radius 2 is 1.39 bits per heavy atom. The van der Waals surface area contributed by atoms with Crippen LogP contribution in [0.3, 0.4) is 0 Å². The van der Waals surface area contributed by atoms with E-state index in [9.17, 15) is 4.79 Å². The molecule has 0 aliphatic carbocycles. The molecule has 0 saturated carbocycles. The lowest BCUT2D eigenvalue weighted by Gasteiger charge is -2.08. The molecule has 0 heterocycles. The Morgan fingerprint density at radius 3 is 2.04 bits per heavy atom. The van der Waals surface area contributed by atoms with E-state index in [1.165, 1.54) is 0 Å². The van der Waals surface area contributed by atoms with Crippen molar-refractivity contribution >= 4 is 16.7 Å². The number of esters is 1. The Labute approximate surface area is 135 Å². The van der Waals surface area contributed by atoms with Gasteiger partial charge in [-0.15, -0.1) is 0 Å². The lowest BCUT2D eigenvalue weighted by Crippen LogP contribution is -2.09. The van der Waals surface area contributed by atoms with Crippen molar-refractivity contribution in [3.8, 4) is 11.5 Å². The van der Waals surface area contributed by atoms with Crippen LogP contribution in [0.15, 0.2) is 54.6 Å². The van der Waals surface area contributed by atoms with Gasteiger partial charge in [0.2, 0.25) is 0 Å². The Bertz CT molecular complexity index is 861. The number of methoxy groups -OCH3 is 1. The summed E-state index contributed by atoms with van der Waals surface area (Å²) in [5.41, 5.74) is 2.65. The summed E-state index contributed by atoms with van der Waals surface area (Å²) in [7, 11) is 1.63. The van der Waals surface area contributed by atoms with Crippen LogP contribution in [-0.2, 0) is 0 Å². The molecule has 0 radical (unpaired) electrons. The molecule has 0 atom stereocenters. The number of carbonyl (C=O) groups excluding carboxylic acids is 1. The molecule has 3 aromatic carbocycles. The maximum Gasteiger partial charge on any atom is 0.343 e. The van der Waals surface area contributed by atoms with Crippen molar-refractivity contribution in [3.63, 3.8) is 0 Å². The number of rotatable bonds is 3. The van der Waals surface area contributed by atoms with Gasteiger partial charge in [-0.05, 0) is 61.0 Å². The Balaban J connectivity index is 1.89. The SMILES string of the molecule is COc1ccc2ccc(OC(=O)c3cc(C)cc(C)c3)cc2c1. The topological polar surface area (TPSA) is 35.5 Å². The summed E-state index contributed by atoms with van der Waals surface area (Å²) in [4.78, 5) is 12.3. The van der Waals surface area contributed by atoms with Crippen LogP contribution in [0, 0.1) is 13.8 Å². The number of benzene rings is 3. The van der Waals surface area contributed by atoms with Crippen molar-refractivity contribution in [3.05, 3.63) is 71.3 Å². The Hall–Kier alpha value is -2.81. The fourth-order valence-electron chi connectivity index (χ4n) is 2.65. The molecule has 0 bridgehead atoms. The van der Waals surface area contributed by atoms with E-state index in [1.54, 1.807) is 13.2 Å². The quantitative estimate of drug-likeness (QED) is 0.520. The molecule has 0 saturated heterocycles. The fraction of sp³-hybridized carbons (Fsp3) is 0.150. The third kappa shape index (κ3) is 3.34. The first kappa shape index (κ1) is 15.1. The maximum absolute atomic E-state index is 12.3. The molecular weight excluding hydrogens is 288 g/mol. The van der Waals surface area contributed by atoms with Crippen molar-refractivity contribution < 1.29 is 14.3 Å². The lowest BCUT2D eigenvalue weighted by atomic mass is 10.1. The summed E-state index contributed by atoms with van der Waals surface area (Å²) < 4.78 is 10.7. The standard InChI is InChI=1S/C20H18O3/c1-13-8-14(2)10-17(9-13)20(21)23-19-7-5-15-4-6-18(22-3)11-16(15)12-19/h4-12H,1-3H3. The molecule has 0 N–H and O–H groups in total. The van der Waals surface area contributed by atoms with Gasteiger partial charge in [-0.25, -0.2) is 4.79 Å². The van der Waals surface area contributed by atoms with Gasteiger partial charge in [0, 0.05) is 0 Å². The van der Waals surface area contributed by atoms with E-state index in [4.69, 9.17) is 9.47 Å².